The molecule has 1 aliphatic heterocycles. The molecule has 1 aromatic carbocycles. The van der Waals surface area contributed by atoms with Gasteiger partial charge >= 0.3 is 0 Å². The summed E-state index contributed by atoms with van der Waals surface area (Å²) in [4.78, 5) is 16.9. The number of aromatic nitrogens is 2. The van der Waals surface area contributed by atoms with E-state index in [9.17, 15) is 13.2 Å². The molecule has 0 radical (unpaired) electrons. The van der Waals surface area contributed by atoms with Gasteiger partial charge in [-0.15, -0.1) is 11.3 Å². The van der Waals surface area contributed by atoms with Gasteiger partial charge in [-0.3, -0.25) is 4.79 Å². The lowest BCUT2D eigenvalue weighted by molar-refractivity contribution is -0.120. The number of rotatable bonds is 6. The number of hydrogen-bond donors (Lipinski definition) is 1. The Kier molecular flexibility index (Phi) is 6.08. The van der Waals surface area contributed by atoms with E-state index in [0.717, 1.165) is 11.3 Å². The minimum atomic E-state index is -3.73. The first-order valence-corrected chi connectivity index (χ1v) is 12.0. The molecule has 3 aromatic rings. The molecule has 1 aliphatic rings. The fourth-order valence-corrected chi connectivity index (χ4v) is 6.27. The van der Waals surface area contributed by atoms with Gasteiger partial charge in [-0.05, 0) is 31.0 Å². The first-order chi connectivity index (χ1) is 14.9. The zero-order chi connectivity index (χ0) is 22.0. The Morgan fingerprint density at radius 3 is 2.94 bits per heavy atom. The summed E-state index contributed by atoms with van der Waals surface area (Å²) in [6.45, 7) is 2.18. The van der Waals surface area contributed by atoms with Crippen molar-refractivity contribution in [3.8, 4) is 17.1 Å². The van der Waals surface area contributed by atoms with E-state index in [2.05, 4.69) is 15.5 Å². The zero-order valence-corrected chi connectivity index (χ0v) is 18.7. The van der Waals surface area contributed by atoms with Gasteiger partial charge in [0, 0.05) is 42.7 Å². The van der Waals surface area contributed by atoms with Crippen LogP contribution in [-0.4, -0.2) is 49.0 Å². The maximum atomic E-state index is 13.2. The van der Waals surface area contributed by atoms with E-state index in [1.54, 1.807) is 49.7 Å². The molecule has 0 spiro atoms. The largest absolute Gasteiger partial charge is 0.497 e. The van der Waals surface area contributed by atoms with Crippen molar-refractivity contribution in [3.05, 3.63) is 41.6 Å². The number of anilines is 1. The van der Waals surface area contributed by atoms with Crippen LogP contribution in [-0.2, 0) is 14.8 Å². The summed E-state index contributed by atoms with van der Waals surface area (Å²) in [5, 5.41) is 8.38. The van der Waals surface area contributed by atoms with Crippen LogP contribution in [0.1, 0.15) is 18.7 Å². The molecule has 3 heterocycles. The monoisotopic (exact) mass is 462 g/mol. The average molecular weight is 463 g/mol. The van der Waals surface area contributed by atoms with E-state index in [1.807, 2.05) is 0 Å². The van der Waals surface area contributed by atoms with Crippen molar-refractivity contribution in [1.29, 1.82) is 0 Å². The van der Waals surface area contributed by atoms with Gasteiger partial charge in [0.15, 0.2) is 0 Å². The predicted molar refractivity (Wildman–Crippen MR) is 115 cm³/mol. The van der Waals surface area contributed by atoms with Gasteiger partial charge in [0.25, 0.3) is 10.0 Å². The number of methoxy groups -OCH3 is 1. The lowest BCUT2D eigenvalue weighted by Gasteiger charge is -2.30. The Labute approximate surface area is 184 Å². The molecule has 164 valence electrons. The molecule has 0 unspecified atom stereocenters. The number of sulfonamides is 1. The van der Waals surface area contributed by atoms with E-state index < -0.39 is 15.9 Å². The maximum Gasteiger partial charge on any atom is 0.252 e. The highest BCUT2D eigenvalue weighted by Crippen LogP contribution is 2.31. The van der Waals surface area contributed by atoms with Crippen molar-refractivity contribution in [1.82, 2.24) is 14.4 Å². The number of piperidine rings is 1. The number of nitrogens with zero attached hydrogens (tertiary/aromatic N) is 3. The minimum absolute atomic E-state index is 0.132. The first kappa shape index (κ1) is 21.5. The molecule has 1 fully saturated rings. The van der Waals surface area contributed by atoms with Crippen LogP contribution in [0.4, 0.5) is 5.69 Å². The van der Waals surface area contributed by atoms with E-state index in [4.69, 9.17) is 9.26 Å². The van der Waals surface area contributed by atoms with Crippen molar-refractivity contribution >= 4 is 33.0 Å². The predicted octanol–water partition coefficient (Wildman–Crippen LogP) is 3.15. The highest BCUT2D eigenvalue weighted by atomic mass is 32.2. The summed E-state index contributed by atoms with van der Waals surface area (Å²) < 4.78 is 38.1. The molecule has 0 saturated carbocycles. The van der Waals surface area contributed by atoms with Gasteiger partial charge in [0.1, 0.15) is 9.96 Å². The van der Waals surface area contributed by atoms with Crippen molar-refractivity contribution < 1.29 is 22.5 Å². The van der Waals surface area contributed by atoms with Crippen molar-refractivity contribution in [2.24, 2.45) is 5.92 Å². The number of hydrogen-bond acceptors (Lipinski definition) is 8. The number of benzene rings is 1. The second kappa shape index (κ2) is 8.77. The number of aryl methyl sites for hydroxylation is 1. The Morgan fingerprint density at radius 2 is 2.19 bits per heavy atom. The van der Waals surface area contributed by atoms with Crippen LogP contribution in [0.15, 0.2) is 44.4 Å². The van der Waals surface area contributed by atoms with Crippen molar-refractivity contribution in [3.63, 3.8) is 0 Å². The van der Waals surface area contributed by atoms with E-state index in [1.165, 1.54) is 4.31 Å². The molecule has 1 atom stereocenters. The fourth-order valence-electron chi connectivity index (χ4n) is 3.43. The van der Waals surface area contributed by atoms with Crippen LogP contribution >= 0.6 is 11.3 Å². The van der Waals surface area contributed by atoms with Crippen LogP contribution in [0.25, 0.3) is 11.4 Å². The van der Waals surface area contributed by atoms with Gasteiger partial charge in [0.05, 0.1) is 13.0 Å². The summed E-state index contributed by atoms with van der Waals surface area (Å²) in [7, 11) is -2.17. The molecule has 1 saturated heterocycles. The smallest absolute Gasteiger partial charge is 0.252 e. The Balaban J connectivity index is 1.47. The third-order valence-corrected chi connectivity index (χ3v) is 8.33. The number of carbonyl (C=O) groups excluding carboxylic acids is 1. The van der Waals surface area contributed by atoms with Crippen LogP contribution in [0.3, 0.4) is 0 Å². The van der Waals surface area contributed by atoms with E-state index in [-0.39, 0.29) is 16.7 Å². The third kappa shape index (κ3) is 4.63. The summed E-state index contributed by atoms with van der Waals surface area (Å²) in [5.74, 6) is 0.753. The molecular weight excluding hydrogens is 440 g/mol. The van der Waals surface area contributed by atoms with Crippen LogP contribution in [0.5, 0.6) is 5.75 Å². The molecule has 31 heavy (non-hydrogen) atoms. The summed E-state index contributed by atoms with van der Waals surface area (Å²) in [5.41, 5.74) is 1.20. The Hall–Kier alpha value is -2.76. The molecular formula is C20H22N4O5S2. The molecule has 2 aromatic heterocycles. The Morgan fingerprint density at radius 1 is 1.35 bits per heavy atom. The molecule has 9 nitrogen and oxygen atoms in total. The number of amides is 1. The van der Waals surface area contributed by atoms with E-state index >= 15 is 0 Å². The number of thiophene rings is 1. The zero-order valence-electron chi connectivity index (χ0n) is 17.1. The molecule has 0 aliphatic carbocycles. The van der Waals surface area contributed by atoms with Gasteiger partial charge in [-0.2, -0.15) is 9.29 Å². The van der Waals surface area contributed by atoms with Crippen LogP contribution in [0, 0.1) is 12.8 Å². The SMILES string of the molecule is COc1cccc(NC(=O)[C@@H]2CCCN(S(=O)(=O)c3cc(-c4noc(C)n4)cs3)C2)c1. The number of nitrogens with one attached hydrogen (secondary N) is 1. The second-order valence-corrected chi connectivity index (χ2v) is 10.3. The maximum absolute atomic E-state index is 13.2. The van der Waals surface area contributed by atoms with Gasteiger partial charge in [-0.1, -0.05) is 11.2 Å². The second-order valence-electron chi connectivity index (χ2n) is 7.21. The lowest BCUT2D eigenvalue weighted by Crippen LogP contribution is -2.43. The van der Waals surface area contributed by atoms with Gasteiger partial charge in [0.2, 0.25) is 17.6 Å². The van der Waals surface area contributed by atoms with Gasteiger partial charge in [-0.25, -0.2) is 8.42 Å². The minimum Gasteiger partial charge on any atom is -0.497 e. The highest BCUT2D eigenvalue weighted by Gasteiger charge is 2.34. The van der Waals surface area contributed by atoms with Crippen LogP contribution in [0.2, 0.25) is 0 Å². The van der Waals surface area contributed by atoms with E-state index in [0.29, 0.717) is 48.1 Å². The quantitative estimate of drug-likeness (QED) is 0.598. The summed E-state index contributed by atoms with van der Waals surface area (Å²) >= 11 is 1.10. The third-order valence-electron chi connectivity index (χ3n) is 5.05. The number of carbonyl (C=O) groups is 1. The molecule has 0 bridgehead atoms. The normalized spacial score (nSPS) is 17.4. The number of ether oxygens (including phenoxy) is 1. The van der Waals surface area contributed by atoms with Crippen molar-refractivity contribution in [2.75, 3.05) is 25.5 Å². The topological polar surface area (TPSA) is 115 Å². The molecule has 1 N–H and O–H groups in total. The van der Waals surface area contributed by atoms with Crippen molar-refractivity contribution in [2.45, 2.75) is 24.0 Å². The Bertz CT molecular complexity index is 1190. The molecule has 4 rings (SSSR count). The lowest BCUT2D eigenvalue weighted by atomic mass is 9.98. The van der Waals surface area contributed by atoms with Gasteiger partial charge < -0.3 is 14.6 Å². The van der Waals surface area contributed by atoms with Crippen LogP contribution < -0.4 is 10.1 Å². The highest BCUT2D eigenvalue weighted by molar-refractivity contribution is 7.91. The average Bonchev–Trinajstić information content (AvgIpc) is 3.43. The molecule has 11 heteroatoms. The molecule has 1 amide bonds. The standard InChI is InChI=1S/C20H22N4O5S2/c1-13-21-19(23-29-13)15-9-18(30-12-15)31(26,27)24-8-4-5-14(11-24)20(25)22-16-6-3-7-17(10-16)28-2/h3,6-7,9-10,12,14H,4-5,8,11H2,1-2H3,(H,22,25)/t14-/m1/s1. The summed E-state index contributed by atoms with van der Waals surface area (Å²) in [6.07, 6.45) is 1.23. The first-order valence-electron chi connectivity index (χ1n) is 9.71. The summed E-state index contributed by atoms with van der Waals surface area (Å²) in [6, 6.07) is 8.61. The fraction of sp³-hybridized carbons (Fsp3) is 0.350.